The molecule has 0 N–H and O–H groups in total. The van der Waals surface area contributed by atoms with E-state index in [1.54, 1.807) is 0 Å². The second-order valence-electron chi connectivity index (χ2n) is 16.5. The molecular formula is C55H42N4. The van der Waals surface area contributed by atoms with Gasteiger partial charge in [0.2, 0.25) is 0 Å². The number of hydrogen-bond acceptors (Lipinski definition) is 3. The molecule has 0 amide bonds. The summed E-state index contributed by atoms with van der Waals surface area (Å²) in [5.74, 6) is 2.25. The topological polar surface area (TPSA) is 43.6 Å². The number of aromatic nitrogens is 4. The van der Waals surface area contributed by atoms with E-state index in [4.69, 9.17) is 15.0 Å². The third kappa shape index (κ3) is 5.86. The number of allylic oxidation sites excluding steroid dienone is 4. The first-order valence-corrected chi connectivity index (χ1v) is 20.6. The Labute approximate surface area is 344 Å². The molecular weight excluding hydrogens is 717 g/mol. The summed E-state index contributed by atoms with van der Waals surface area (Å²) < 4.78 is 2.45. The molecule has 0 aliphatic heterocycles. The van der Waals surface area contributed by atoms with E-state index >= 15 is 0 Å². The summed E-state index contributed by atoms with van der Waals surface area (Å²) >= 11 is 0. The lowest BCUT2D eigenvalue weighted by Crippen LogP contribution is -2.15. The van der Waals surface area contributed by atoms with E-state index in [1.165, 1.54) is 49.7 Å². The van der Waals surface area contributed by atoms with Gasteiger partial charge in [-0.1, -0.05) is 166 Å². The average Bonchev–Trinajstić information content (AvgIpc) is 3.73. The summed E-state index contributed by atoms with van der Waals surface area (Å²) in [5, 5.41) is 2.47. The Hall–Kier alpha value is -7.17. The van der Waals surface area contributed by atoms with Crippen molar-refractivity contribution in [3.05, 3.63) is 205 Å². The van der Waals surface area contributed by atoms with Crippen LogP contribution in [0.5, 0.6) is 0 Å². The molecule has 0 radical (unpaired) electrons. The minimum atomic E-state index is -0.129. The maximum Gasteiger partial charge on any atom is 0.164 e. The first kappa shape index (κ1) is 35.0. The highest BCUT2D eigenvalue weighted by molar-refractivity contribution is 6.11. The van der Waals surface area contributed by atoms with Crippen LogP contribution < -0.4 is 0 Å². The highest BCUT2D eigenvalue weighted by Crippen LogP contribution is 2.51. The maximum absolute atomic E-state index is 5.34. The second kappa shape index (κ2) is 13.7. The van der Waals surface area contributed by atoms with Crippen molar-refractivity contribution in [2.75, 3.05) is 0 Å². The highest BCUT2D eigenvalue weighted by Gasteiger charge is 2.36. The first-order valence-electron chi connectivity index (χ1n) is 20.6. The zero-order valence-corrected chi connectivity index (χ0v) is 33.4. The van der Waals surface area contributed by atoms with Crippen molar-refractivity contribution >= 4 is 33.0 Å². The van der Waals surface area contributed by atoms with Crippen molar-refractivity contribution in [3.8, 4) is 50.7 Å². The Kier molecular flexibility index (Phi) is 8.16. The van der Waals surface area contributed by atoms with Crippen LogP contribution in [0.15, 0.2) is 182 Å². The van der Waals surface area contributed by atoms with Crippen molar-refractivity contribution in [2.45, 2.75) is 32.6 Å². The molecule has 7 aromatic carbocycles. The summed E-state index contributed by atoms with van der Waals surface area (Å²) in [6.07, 6.45) is 5.36. The van der Waals surface area contributed by atoms with Gasteiger partial charge in [0.05, 0.1) is 11.0 Å². The van der Waals surface area contributed by atoms with Gasteiger partial charge in [-0.2, -0.15) is 0 Å². The molecule has 0 spiro atoms. The van der Waals surface area contributed by atoms with Crippen LogP contribution >= 0.6 is 0 Å². The van der Waals surface area contributed by atoms with Gasteiger partial charge in [0.1, 0.15) is 0 Å². The van der Waals surface area contributed by atoms with Crippen LogP contribution in [0.25, 0.3) is 83.7 Å². The molecule has 11 rings (SSSR count). The SMILES string of the molecule is CC1CC(c2ccccc2)=CC=C1c1nc(-c2ccccc2)nc(-c2cc(-c3ccccc3)cc(-n3c4ccccc4c4cc5c(cc43)C(C)(C)c3ccccc3-5)c2)n1. The first-order chi connectivity index (χ1) is 28.9. The van der Waals surface area contributed by atoms with Gasteiger partial charge in [-0.25, -0.2) is 15.0 Å². The smallest absolute Gasteiger partial charge is 0.164 e. The van der Waals surface area contributed by atoms with Crippen LogP contribution in [0, 0.1) is 5.92 Å². The zero-order chi connectivity index (χ0) is 39.7. The minimum Gasteiger partial charge on any atom is -0.309 e. The third-order valence-corrected chi connectivity index (χ3v) is 12.5. The molecule has 2 aliphatic rings. The molecule has 1 unspecified atom stereocenters. The van der Waals surface area contributed by atoms with Crippen LogP contribution in [0.2, 0.25) is 0 Å². The average molecular weight is 759 g/mol. The zero-order valence-electron chi connectivity index (χ0n) is 33.4. The molecule has 4 nitrogen and oxygen atoms in total. The number of nitrogens with zero attached hydrogens (tertiary/aromatic N) is 4. The van der Waals surface area contributed by atoms with Crippen LogP contribution in [0.1, 0.15) is 49.7 Å². The van der Waals surface area contributed by atoms with Gasteiger partial charge in [0.25, 0.3) is 0 Å². The summed E-state index contributed by atoms with van der Waals surface area (Å²) in [6, 6.07) is 61.0. The van der Waals surface area contributed by atoms with E-state index in [2.05, 4.69) is 189 Å². The van der Waals surface area contributed by atoms with E-state index in [9.17, 15) is 0 Å². The normalized spacial score (nSPS) is 15.5. The van der Waals surface area contributed by atoms with Gasteiger partial charge in [-0.15, -0.1) is 0 Å². The van der Waals surface area contributed by atoms with E-state index in [0.29, 0.717) is 17.5 Å². The molecule has 2 aliphatic carbocycles. The lowest BCUT2D eigenvalue weighted by atomic mass is 9.82. The Morgan fingerprint density at radius 2 is 1.08 bits per heavy atom. The fourth-order valence-electron chi connectivity index (χ4n) is 9.48. The molecule has 0 fully saturated rings. The third-order valence-electron chi connectivity index (χ3n) is 12.5. The maximum atomic E-state index is 5.34. The summed E-state index contributed by atoms with van der Waals surface area (Å²) in [5.41, 5.74) is 16.5. The van der Waals surface area contributed by atoms with Gasteiger partial charge in [0, 0.05) is 38.6 Å². The fraction of sp³-hybridized carbons (Fsp3) is 0.109. The van der Waals surface area contributed by atoms with Crippen molar-refractivity contribution in [2.24, 2.45) is 5.92 Å². The largest absolute Gasteiger partial charge is 0.309 e. The van der Waals surface area contributed by atoms with Crippen LogP contribution in [-0.2, 0) is 5.41 Å². The van der Waals surface area contributed by atoms with Crippen molar-refractivity contribution < 1.29 is 0 Å². The van der Waals surface area contributed by atoms with Gasteiger partial charge < -0.3 is 4.57 Å². The van der Waals surface area contributed by atoms with Crippen molar-refractivity contribution in [1.29, 1.82) is 0 Å². The van der Waals surface area contributed by atoms with Gasteiger partial charge in [-0.05, 0) is 93.3 Å². The molecule has 0 saturated carbocycles. The van der Waals surface area contributed by atoms with E-state index in [0.717, 1.165) is 45.5 Å². The Bertz CT molecular complexity index is 3150. The molecule has 0 bridgehead atoms. The Morgan fingerprint density at radius 1 is 0.475 bits per heavy atom. The van der Waals surface area contributed by atoms with E-state index < -0.39 is 0 Å². The quantitative estimate of drug-likeness (QED) is 0.170. The van der Waals surface area contributed by atoms with E-state index in [1.807, 2.05) is 18.2 Å². The molecule has 59 heavy (non-hydrogen) atoms. The van der Waals surface area contributed by atoms with Gasteiger partial charge >= 0.3 is 0 Å². The molecule has 0 saturated heterocycles. The van der Waals surface area contributed by atoms with Gasteiger partial charge in [-0.3, -0.25) is 0 Å². The number of fused-ring (bicyclic) bond motifs is 6. The summed E-state index contributed by atoms with van der Waals surface area (Å²) in [6.45, 7) is 6.99. The lowest BCUT2D eigenvalue weighted by Gasteiger charge is -2.22. The van der Waals surface area contributed by atoms with E-state index in [-0.39, 0.29) is 11.3 Å². The predicted molar refractivity (Wildman–Crippen MR) is 244 cm³/mol. The molecule has 2 aromatic heterocycles. The number of rotatable bonds is 6. The van der Waals surface area contributed by atoms with Crippen LogP contribution in [0.4, 0.5) is 0 Å². The molecule has 1 atom stereocenters. The molecule has 2 heterocycles. The molecule has 4 heteroatoms. The fourth-order valence-corrected chi connectivity index (χ4v) is 9.48. The van der Waals surface area contributed by atoms with Crippen molar-refractivity contribution in [3.63, 3.8) is 0 Å². The summed E-state index contributed by atoms with van der Waals surface area (Å²) in [4.78, 5) is 15.8. The van der Waals surface area contributed by atoms with Crippen LogP contribution in [0.3, 0.4) is 0 Å². The molecule has 282 valence electrons. The van der Waals surface area contributed by atoms with Crippen LogP contribution in [-0.4, -0.2) is 19.5 Å². The van der Waals surface area contributed by atoms with Crippen molar-refractivity contribution in [1.82, 2.24) is 19.5 Å². The Morgan fingerprint density at radius 3 is 1.83 bits per heavy atom. The van der Waals surface area contributed by atoms with Gasteiger partial charge in [0.15, 0.2) is 17.5 Å². The summed E-state index contributed by atoms with van der Waals surface area (Å²) in [7, 11) is 0. The standard InChI is InChI=1S/C55H42N4/c1-35-29-39(36-17-7-4-8-18-36)27-28-43(35)54-57-52(38-21-11-6-12-22-38)56-53(58-54)41-30-40(37-19-9-5-10-20-37)31-42(32-41)59-50-26-16-14-24-45(50)47-33-46-44-23-13-15-25-48(44)55(2,3)49(46)34-51(47)59/h4-28,30-35H,29H2,1-3H3. The minimum absolute atomic E-state index is 0.129. The monoisotopic (exact) mass is 758 g/mol. The number of hydrogen-bond donors (Lipinski definition) is 0. The Balaban J connectivity index is 1.15. The second-order valence-corrected chi connectivity index (χ2v) is 16.5. The number of para-hydroxylation sites is 1. The highest BCUT2D eigenvalue weighted by atomic mass is 15.0. The molecule has 9 aromatic rings. The lowest BCUT2D eigenvalue weighted by molar-refractivity contribution is 0.661. The predicted octanol–water partition coefficient (Wildman–Crippen LogP) is 13.8. The number of benzene rings is 7.